The molecule has 0 unspecified atom stereocenters. The molecule has 20 heavy (non-hydrogen) atoms. The van der Waals surface area contributed by atoms with Crippen molar-refractivity contribution in [2.75, 3.05) is 17.2 Å². The third-order valence-electron chi connectivity index (χ3n) is 3.01. The van der Waals surface area contributed by atoms with Crippen LogP contribution in [-0.2, 0) is 16.4 Å². The molecule has 1 aromatic heterocycles. The minimum absolute atomic E-state index is 0.0371. The number of sulfone groups is 1. The molecule has 0 fully saturated rings. The SMILES string of the molecule is CCS(=O)(=O)CCn1nc(-c2ccc(Cl)cc2)cc1N. The van der Waals surface area contributed by atoms with Crippen LogP contribution < -0.4 is 5.73 Å². The van der Waals surface area contributed by atoms with Gasteiger partial charge in [-0.15, -0.1) is 0 Å². The van der Waals surface area contributed by atoms with Gasteiger partial charge in [-0.25, -0.2) is 13.1 Å². The van der Waals surface area contributed by atoms with E-state index in [1.807, 2.05) is 12.1 Å². The zero-order valence-electron chi connectivity index (χ0n) is 11.1. The number of nitrogens with zero attached hydrogens (tertiary/aromatic N) is 2. The van der Waals surface area contributed by atoms with Gasteiger partial charge >= 0.3 is 0 Å². The van der Waals surface area contributed by atoms with E-state index >= 15 is 0 Å². The second-order valence-electron chi connectivity index (χ2n) is 4.42. The van der Waals surface area contributed by atoms with Gasteiger partial charge in [-0.2, -0.15) is 5.10 Å². The number of halogens is 1. The van der Waals surface area contributed by atoms with Crippen LogP contribution in [0.1, 0.15) is 6.92 Å². The van der Waals surface area contributed by atoms with Crippen LogP contribution in [0.15, 0.2) is 30.3 Å². The highest BCUT2D eigenvalue weighted by atomic mass is 35.5. The van der Waals surface area contributed by atoms with E-state index in [1.54, 1.807) is 25.1 Å². The lowest BCUT2D eigenvalue weighted by Crippen LogP contribution is -2.16. The predicted molar refractivity (Wildman–Crippen MR) is 81.4 cm³/mol. The molecule has 7 heteroatoms. The molecule has 1 aromatic carbocycles. The number of aryl methyl sites for hydroxylation is 1. The fraction of sp³-hybridized carbons (Fsp3) is 0.308. The number of hydrogen-bond donors (Lipinski definition) is 1. The summed E-state index contributed by atoms with van der Waals surface area (Å²) in [6, 6.07) is 8.96. The molecule has 0 saturated heterocycles. The smallest absolute Gasteiger partial charge is 0.151 e. The molecule has 1 heterocycles. The largest absolute Gasteiger partial charge is 0.384 e. The maximum atomic E-state index is 11.5. The van der Waals surface area contributed by atoms with Crippen molar-refractivity contribution in [1.29, 1.82) is 0 Å². The Morgan fingerprint density at radius 1 is 1.30 bits per heavy atom. The van der Waals surface area contributed by atoms with Crippen molar-refractivity contribution in [1.82, 2.24) is 9.78 Å². The first-order valence-electron chi connectivity index (χ1n) is 6.21. The minimum atomic E-state index is -3.03. The normalized spacial score (nSPS) is 11.7. The van der Waals surface area contributed by atoms with Gasteiger partial charge in [0.05, 0.1) is 18.0 Å². The lowest BCUT2D eigenvalue weighted by molar-refractivity contribution is 0.583. The molecule has 2 rings (SSSR count). The minimum Gasteiger partial charge on any atom is -0.384 e. The molecule has 2 N–H and O–H groups in total. The first kappa shape index (κ1) is 14.9. The van der Waals surface area contributed by atoms with Crippen LogP contribution >= 0.6 is 11.6 Å². The number of hydrogen-bond acceptors (Lipinski definition) is 4. The fourth-order valence-corrected chi connectivity index (χ4v) is 2.61. The monoisotopic (exact) mass is 313 g/mol. The number of anilines is 1. The van der Waals surface area contributed by atoms with Crippen molar-refractivity contribution in [2.45, 2.75) is 13.5 Å². The number of aromatic nitrogens is 2. The van der Waals surface area contributed by atoms with Gasteiger partial charge in [0.25, 0.3) is 0 Å². The van der Waals surface area contributed by atoms with Gasteiger partial charge in [0.2, 0.25) is 0 Å². The first-order valence-corrected chi connectivity index (χ1v) is 8.41. The Balaban J connectivity index is 2.19. The summed E-state index contributed by atoms with van der Waals surface area (Å²) in [5.74, 6) is 0.606. The van der Waals surface area contributed by atoms with Gasteiger partial charge < -0.3 is 5.73 Å². The number of nitrogen functional groups attached to an aromatic ring is 1. The van der Waals surface area contributed by atoms with Gasteiger partial charge in [-0.1, -0.05) is 30.7 Å². The van der Waals surface area contributed by atoms with Gasteiger partial charge in [0, 0.05) is 22.4 Å². The molecular formula is C13H16ClN3O2S. The quantitative estimate of drug-likeness (QED) is 0.918. The highest BCUT2D eigenvalue weighted by molar-refractivity contribution is 7.91. The molecule has 108 valence electrons. The summed E-state index contributed by atoms with van der Waals surface area (Å²) in [6.45, 7) is 1.89. The molecule has 0 amide bonds. The van der Waals surface area contributed by atoms with E-state index in [9.17, 15) is 8.42 Å². The van der Waals surface area contributed by atoms with E-state index in [2.05, 4.69) is 5.10 Å². The zero-order chi connectivity index (χ0) is 14.8. The van der Waals surface area contributed by atoms with E-state index in [1.165, 1.54) is 4.68 Å². The van der Waals surface area contributed by atoms with Crippen LogP contribution in [0.5, 0.6) is 0 Å². The molecule has 0 radical (unpaired) electrons. The van der Waals surface area contributed by atoms with E-state index in [4.69, 9.17) is 17.3 Å². The predicted octanol–water partition coefficient (Wildman–Crippen LogP) is 2.22. The Morgan fingerprint density at radius 3 is 2.55 bits per heavy atom. The summed E-state index contributed by atoms with van der Waals surface area (Å²) in [5.41, 5.74) is 7.45. The Labute approximate surface area is 123 Å². The van der Waals surface area contributed by atoms with Crippen LogP contribution in [0.2, 0.25) is 5.02 Å². The Hall–Kier alpha value is -1.53. The number of rotatable bonds is 5. The van der Waals surface area contributed by atoms with Crippen molar-refractivity contribution in [3.05, 3.63) is 35.4 Å². The average molecular weight is 314 g/mol. The summed E-state index contributed by atoms with van der Waals surface area (Å²) in [5, 5.41) is 4.98. The van der Waals surface area contributed by atoms with Crippen LogP contribution in [-0.4, -0.2) is 29.7 Å². The number of benzene rings is 1. The van der Waals surface area contributed by atoms with Crippen molar-refractivity contribution in [2.24, 2.45) is 0 Å². The Morgan fingerprint density at radius 2 is 1.95 bits per heavy atom. The lowest BCUT2D eigenvalue weighted by atomic mass is 10.1. The summed E-state index contributed by atoms with van der Waals surface area (Å²) in [4.78, 5) is 0. The highest BCUT2D eigenvalue weighted by Crippen LogP contribution is 2.22. The maximum Gasteiger partial charge on any atom is 0.151 e. The lowest BCUT2D eigenvalue weighted by Gasteiger charge is -2.03. The molecule has 0 aliphatic rings. The molecule has 0 spiro atoms. The standard InChI is InChI=1S/C13H16ClN3O2S/c1-2-20(18,19)8-7-17-13(15)9-12(16-17)10-3-5-11(14)6-4-10/h3-6,9H,2,7-8,15H2,1H3. The first-order chi connectivity index (χ1) is 9.41. The van der Waals surface area contributed by atoms with Crippen molar-refractivity contribution >= 4 is 27.3 Å². The zero-order valence-corrected chi connectivity index (χ0v) is 12.7. The molecule has 5 nitrogen and oxygen atoms in total. The molecule has 0 saturated carbocycles. The Bertz CT molecular complexity index is 693. The summed E-state index contributed by atoms with van der Waals surface area (Å²) >= 11 is 5.83. The van der Waals surface area contributed by atoms with Crippen LogP contribution in [0.25, 0.3) is 11.3 Å². The van der Waals surface area contributed by atoms with Crippen molar-refractivity contribution < 1.29 is 8.42 Å². The van der Waals surface area contributed by atoms with E-state index in [-0.39, 0.29) is 18.1 Å². The third kappa shape index (κ3) is 3.52. The van der Waals surface area contributed by atoms with Crippen molar-refractivity contribution in [3.63, 3.8) is 0 Å². The van der Waals surface area contributed by atoms with Gasteiger partial charge in [0.15, 0.2) is 9.84 Å². The van der Waals surface area contributed by atoms with Crippen LogP contribution in [0.4, 0.5) is 5.82 Å². The van der Waals surface area contributed by atoms with E-state index < -0.39 is 9.84 Å². The molecule has 0 atom stereocenters. The summed E-state index contributed by atoms with van der Waals surface area (Å²) in [7, 11) is -3.03. The molecule has 0 bridgehead atoms. The molecule has 0 aliphatic carbocycles. The highest BCUT2D eigenvalue weighted by Gasteiger charge is 2.11. The molecule has 0 aliphatic heterocycles. The third-order valence-corrected chi connectivity index (χ3v) is 4.94. The van der Waals surface area contributed by atoms with Gasteiger partial charge in [-0.05, 0) is 12.1 Å². The van der Waals surface area contributed by atoms with Crippen molar-refractivity contribution in [3.8, 4) is 11.3 Å². The number of nitrogens with two attached hydrogens (primary N) is 1. The molecule has 2 aromatic rings. The molecular weight excluding hydrogens is 298 g/mol. The van der Waals surface area contributed by atoms with Crippen LogP contribution in [0.3, 0.4) is 0 Å². The van der Waals surface area contributed by atoms with Crippen LogP contribution in [0, 0.1) is 0 Å². The van der Waals surface area contributed by atoms with Gasteiger partial charge in [0.1, 0.15) is 5.82 Å². The average Bonchev–Trinajstić information content (AvgIpc) is 2.79. The Kier molecular flexibility index (Phi) is 4.35. The van der Waals surface area contributed by atoms with Gasteiger partial charge in [-0.3, -0.25) is 0 Å². The van der Waals surface area contributed by atoms with E-state index in [0.29, 0.717) is 16.5 Å². The fourth-order valence-electron chi connectivity index (χ4n) is 1.74. The second kappa shape index (κ2) is 5.85. The van der Waals surface area contributed by atoms with E-state index in [0.717, 1.165) is 5.56 Å². The summed E-state index contributed by atoms with van der Waals surface area (Å²) in [6.07, 6.45) is 0. The topological polar surface area (TPSA) is 78.0 Å². The summed E-state index contributed by atoms with van der Waals surface area (Å²) < 4.78 is 24.5. The maximum absolute atomic E-state index is 11.5. The second-order valence-corrected chi connectivity index (χ2v) is 7.33.